The fourth-order valence-corrected chi connectivity index (χ4v) is 1.63. The highest BCUT2D eigenvalue weighted by Crippen LogP contribution is 2.09. The Morgan fingerprint density at radius 2 is 2.00 bits per heavy atom. The van der Waals surface area contributed by atoms with Gasteiger partial charge in [-0.2, -0.15) is 0 Å². The molecule has 0 spiro atoms. The van der Waals surface area contributed by atoms with Crippen molar-refractivity contribution in [1.82, 2.24) is 15.5 Å². The molecule has 0 unspecified atom stereocenters. The number of nitrogens with one attached hydrogen (secondary N) is 2. The summed E-state index contributed by atoms with van der Waals surface area (Å²) >= 11 is 0. The molecule has 15 heavy (non-hydrogen) atoms. The number of hydrogen-bond donors (Lipinski definition) is 3. The number of amides is 3. The highest BCUT2D eigenvalue weighted by molar-refractivity contribution is 5.77. The number of primary amides is 1. The van der Waals surface area contributed by atoms with Gasteiger partial charge in [0.2, 0.25) is 5.91 Å². The van der Waals surface area contributed by atoms with Gasteiger partial charge in [-0.15, -0.1) is 0 Å². The molecule has 0 saturated carbocycles. The monoisotopic (exact) mass is 214 g/mol. The van der Waals surface area contributed by atoms with Crippen molar-refractivity contribution in [3.63, 3.8) is 0 Å². The van der Waals surface area contributed by atoms with E-state index >= 15 is 0 Å². The summed E-state index contributed by atoms with van der Waals surface area (Å²) in [5, 5.41) is 5.69. The van der Waals surface area contributed by atoms with Crippen molar-refractivity contribution in [3.8, 4) is 0 Å². The maximum atomic E-state index is 11.0. The lowest BCUT2D eigenvalue weighted by Gasteiger charge is -2.31. The summed E-state index contributed by atoms with van der Waals surface area (Å²) in [5.74, 6) is -0.0210. The molecule has 1 aliphatic rings. The van der Waals surface area contributed by atoms with Crippen LogP contribution in [-0.2, 0) is 4.79 Å². The van der Waals surface area contributed by atoms with Crippen molar-refractivity contribution in [3.05, 3.63) is 0 Å². The van der Waals surface area contributed by atoms with Gasteiger partial charge in [-0.3, -0.25) is 4.79 Å². The number of nitrogens with zero attached hydrogens (tertiary/aromatic N) is 1. The number of piperidine rings is 1. The fourth-order valence-electron chi connectivity index (χ4n) is 1.63. The highest BCUT2D eigenvalue weighted by atomic mass is 16.2. The first-order valence-electron chi connectivity index (χ1n) is 5.12. The molecular weight excluding hydrogens is 196 g/mol. The Bertz CT molecular complexity index is 236. The predicted molar refractivity (Wildman–Crippen MR) is 56.2 cm³/mol. The van der Waals surface area contributed by atoms with Crippen LogP contribution in [0.25, 0.3) is 0 Å². The molecule has 1 fully saturated rings. The topological polar surface area (TPSA) is 87.5 Å². The second-order valence-electron chi connectivity index (χ2n) is 3.65. The zero-order chi connectivity index (χ0) is 11.3. The van der Waals surface area contributed by atoms with Gasteiger partial charge in [0, 0.05) is 26.2 Å². The molecule has 1 heterocycles. The quantitative estimate of drug-likeness (QED) is 0.555. The maximum Gasteiger partial charge on any atom is 0.314 e. The molecule has 6 heteroatoms. The lowest BCUT2D eigenvalue weighted by atomic mass is 10.1. The Morgan fingerprint density at radius 3 is 2.47 bits per heavy atom. The molecule has 0 aromatic heterocycles. The summed E-state index contributed by atoms with van der Waals surface area (Å²) in [6, 6.07) is -0.0577. The maximum absolute atomic E-state index is 11.0. The Morgan fingerprint density at radius 1 is 1.40 bits per heavy atom. The number of nitrogens with two attached hydrogens (primary N) is 1. The van der Waals surface area contributed by atoms with Crippen LogP contribution in [0, 0.1) is 0 Å². The molecule has 1 rings (SSSR count). The first-order chi connectivity index (χ1) is 7.13. The van der Waals surface area contributed by atoms with E-state index in [4.69, 9.17) is 5.73 Å². The molecule has 0 aromatic rings. The van der Waals surface area contributed by atoms with Crippen molar-refractivity contribution >= 4 is 11.9 Å². The molecule has 0 aliphatic carbocycles. The second kappa shape index (κ2) is 5.55. The van der Waals surface area contributed by atoms with Gasteiger partial charge in [-0.1, -0.05) is 0 Å². The number of urea groups is 1. The molecule has 1 aliphatic heterocycles. The second-order valence-corrected chi connectivity index (χ2v) is 3.65. The van der Waals surface area contributed by atoms with E-state index in [1.54, 1.807) is 11.9 Å². The Kier molecular flexibility index (Phi) is 4.36. The lowest BCUT2D eigenvalue weighted by molar-refractivity contribution is -0.119. The van der Waals surface area contributed by atoms with E-state index in [1.807, 2.05) is 0 Å². The molecule has 1 saturated heterocycles. The largest absolute Gasteiger partial charge is 0.358 e. The van der Waals surface area contributed by atoms with E-state index < -0.39 is 0 Å². The molecular formula is C9H18N4O2. The third-order valence-electron chi connectivity index (χ3n) is 2.64. The predicted octanol–water partition coefficient (Wildman–Crippen LogP) is -1.13. The van der Waals surface area contributed by atoms with Crippen molar-refractivity contribution in [2.24, 2.45) is 5.73 Å². The summed E-state index contributed by atoms with van der Waals surface area (Å²) in [4.78, 5) is 23.4. The molecule has 6 nitrogen and oxygen atoms in total. The summed E-state index contributed by atoms with van der Waals surface area (Å²) in [7, 11) is 1.61. The van der Waals surface area contributed by atoms with Gasteiger partial charge in [-0.25, -0.2) is 4.79 Å². The van der Waals surface area contributed by atoms with Gasteiger partial charge in [0.1, 0.15) is 0 Å². The third-order valence-corrected chi connectivity index (χ3v) is 2.64. The average Bonchev–Trinajstić information content (AvgIpc) is 2.26. The summed E-state index contributed by atoms with van der Waals surface area (Å²) in [6.45, 7) is 1.67. The summed E-state index contributed by atoms with van der Waals surface area (Å²) in [6.07, 6.45) is 1.69. The van der Waals surface area contributed by atoms with E-state index in [0.717, 1.165) is 12.8 Å². The molecule has 4 N–H and O–H groups in total. The smallest absolute Gasteiger partial charge is 0.314 e. The zero-order valence-corrected chi connectivity index (χ0v) is 8.95. The molecule has 0 bridgehead atoms. The Labute approximate surface area is 89.2 Å². The van der Waals surface area contributed by atoms with Crippen LogP contribution in [0.2, 0.25) is 0 Å². The third kappa shape index (κ3) is 3.75. The first-order valence-corrected chi connectivity index (χ1v) is 5.12. The van der Waals surface area contributed by atoms with Crippen molar-refractivity contribution < 1.29 is 9.59 Å². The number of carbonyl (C=O) groups is 2. The number of carbonyl (C=O) groups excluding carboxylic acids is 2. The SMILES string of the molecule is CNC(=O)CNC1CCN(C(N)=O)CC1. The van der Waals surface area contributed by atoms with Crippen LogP contribution >= 0.6 is 0 Å². The van der Waals surface area contributed by atoms with Crippen LogP contribution in [-0.4, -0.2) is 49.6 Å². The number of hydrogen-bond acceptors (Lipinski definition) is 3. The van der Waals surface area contributed by atoms with Gasteiger partial charge in [0.25, 0.3) is 0 Å². The highest BCUT2D eigenvalue weighted by Gasteiger charge is 2.20. The number of likely N-dealkylation sites (tertiary alicyclic amines) is 1. The van der Waals surface area contributed by atoms with E-state index in [9.17, 15) is 9.59 Å². The van der Waals surface area contributed by atoms with Gasteiger partial charge in [0.15, 0.2) is 0 Å². The normalized spacial score (nSPS) is 17.5. The fraction of sp³-hybridized carbons (Fsp3) is 0.778. The van der Waals surface area contributed by atoms with E-state index in [0.29, 0.717) is 25.7 Å². The van der Waals surface area contributed by atoms with Gasteiger partial charge in [0.05, 0.1) is 6.54 Å². The van der Waals surface area contributed by atoms with E-state index in [2.05, 4.69) is 10.6 Å². The number of likely N-dealkylation sites (N-methyl/N-ethyl adjacent to an activating group) is 1. The van der Waals surface area contributed by atoms with Crippen LogP contribution in [0.5, 0.6) is 0 Å². The van der Waals surface area contributed by atoms with Gasteiger partial charge < -0.3 is 21.3 Å². The summed E-state index contributed by atoms with van der Waals surface area (Å²) < 4.78 is 0. The van der Waals surface area contributed by atoms with Crippen LogP contribution < -0.4 is 16.4 Å². The average molecular weight is 214 g/mol. The zero-order valence-electron chi connectivity index (χ0n) is 8.95. The summed E-state index contributed by atoms with van der Waals surface area (Å²) in [5.41, 5.74) is 5.16. The first kappa shape index (κ1) is 11.8. The number of rotatable bonds is 3. The van der Waals surface area contributed by atoms with Crippen LogP contribution in [0.15, 0.2) is 0 Å². The van der Waals surface area contributed by atoms with E-state index in [1.165, 1.54) is 0 Å². The van der Waals surface area contributed by atoms with Crippen molar-refractivity contribution in [2.75, 3.05) is 26.7 Å². The van der Waals surface area contributed by atoms with Crippen LogP contribution in [0.4, 0.5) is 4.79 Å². The van der Waals surface area contributed by atoms with Gasteiger partial charge >= 0.3 is 6.03 Å². The molecule has 0 atom stereocenters. The van der Waals surface area contributed by atoms with Crippen molar-refractivity contribution in [2.45, 2.75) is 18.9 Å². The molecule has 0 aromatic carbocycles. The minimum absolute atomic E-state index is 0.0210. The standard InChI is InChI=1S/C9H18N4O2/c1-11-8(14)6-12-7-2-4-13(5-3-7)9(10)15/h7,12H,2-6H2,1H3,(H2,10,15)(H,11,14). The van der Waals surface area contributed by atoms with Crippen molar-refractivity contribution in [1.29, 1.82) is 0 Å². The minimum atomic E-state index is -0.361. The lowest BCUT2D eigenvalue weighted by Crippen LogP contribution is -2.48. The molecule has 3 amide bonds. The Balaban J connectivity index is 2.20. The van der Waals surface area contributed by atoms with E-state index in [-0.39, 0.29) is 11.9 Å². The van der Waals surface area contributed by atoms with Crippen LogP contribution in [0.3, 0.4) is 0 Å². The van der Waals surface area contributed by atoms with Crippen LogP contribution in [0.1, 0.15) is 12.8 Å². The molecule has 0 radical (unpaired) electrons. The molecule has 86 valence electrons. The van der Waals surface area contributed by atoms with Gasteiger partial charge in [-0.05, 0) is 12.8 Å². The Hall–Kier alpha value is -1.30. The minimum Gasteiger partial charge on any atom is -0.358 e.